The summed E-state index contributed by atoms with van der Waals surface area (Å²) < 4.78 is 5.76. The lowest BCUT2D eigenvalue weighted by molar-refractivity contribution is -0.0798. The average molecular weight is 280 g/mol. The van der Waals surface area contributed by atoms with Gasteiger partial charge in [0.15, 0.2) is 5.82 Å². The Morgan fingerprint density at radius 2 is 1.80 bits per heavy atom. The van der Waals surface area contributed by atoms with Crippen LogP contribution >= 0.6 is 0 Å². The van der Waals surface area contributed by atoms with Crippen LogP contribution in [0.2, 0.25) is 0 Å². The fourth-order valence-corrected chi connectivity index (χ4v) is 2.48. The smallest absolute Gasteiger partial charge is 0.229 e. The summed E-state index contributed by atoms with van der Waals surface area (Å²) in [6, 6.07) is 0.0906. The third-order valence-electron chi connectivity index (χ3n) is 3.43. The summed E-state index contributed by atoms with van der Waals surface area (Å²) in [5, 5.41) is 0. The topological polar surface area (TPSA) is 80.4 Å². The van der Waals surface area contributed by atoms with Gasteiger partial charge in [0.1, 0.15) is 0 Å². The monoisotopic (exact) mass is 280 g/mol. The van der Waals surface area contributed by atoms with Gasteiger partial charge in [0.2, 0.25) is 11.9 Å². The number of ether oxygens (including phenoxy) is 1. The van der Waals surface area contributed by atoms with Crippen LogP contribution < -0.4 is 10.6 Å². The van der Waals surface area contributed by atoms with E-state index in [4.69, 9.17) is 10.5 Å². The van der Waals surface area contributed by atoms with E-state index in [2.05, 4.69) is 40.6 Å². The van der Waals surface area contributed by atoms with E-state index in [1.54, 1.807) is 0 Å². The Morgan fingerprint density at radius 3 is 2.35 bits per heavy atom. The Morgan fingerprint density at radius 1 is 1.20 bits per heavy atom. The zero-order valence-electron chi connectivity index (χ0n) is 12.9. The van der Waals surface area contributed by atoms with Gasteiger partial charge in [0.25, 0.3) is 0 Å². The number of anilines is 2. The van der Waals surface area contributed by atoms with E-state index in [9.17, 15) is 0 Å². The molecule has 0 unspecified atom stereocenters. The van der Waals surface area contributed by atoms with E-state index < -0.39 is 0 Å². The molecule has 1 aliphatic heterocycles. The van der Waals surface area contributed by atoms with Crippen LogP contribution in [-0.2, 0) is 4.74 Å². The lowest BCUT2D eigenvalue weighted by Gasteiger charge is -2.38. The van der Waals surface area contributed by atoms with Gasteiger partial charge in [0.05, 0.1) is 18.2 Å². The molecule has 7 heteroatoms. The second-order valence-corrected chi connectivity index (χ2v) is 5.63. The molecule has 7 nitrogen and oxygen atoms in total. The number of nitrogens with zero attached hydrogens (tertiary/aromatic N) is 5. The number of rotatable bonds is 3. The highest BCUT2D eigenvalue weighted by atomic mass is 16.5. The number of morpholine rings is 1. The van der Waals surface area contributed by atoms with Crippen LogP contribution in [0.4, 0.5) is 11.9 Å². The second-order valence-electron chi connectivity index (χ2n) is 5.63. The molecule has 1 saturated heterocycles. The first-order valence-corrected chi connectivity index (χ1v) is 6.95. The maximum atomic E-state index is 5.79. The van der Waals surface area contributed by atoms with Crippen molar-refractivity contribution in [3.63, 3.8) is 0 Å². The third-order valence-corrected chi connectivity index (χ3v) is 3.43. The van der Waals surface area contributed by atoms with Crippen molar-refractivity contribution in [2.24, 2.45) is 0 Å². The summed E-state index contributed by atoms with van der Waals surface area (Å²) in [6.07, 6.45) is 0.433. The van der Waals surface area contributed by atoms with E-state index >= 15 is 0 Å². The van der Waals surface area contributed by atoms with E-state index in [-0.39, 0.29) is 24.2 Å². The number of aromatic nitrogens is 3. The molecule has 2 rings (SSSR count). The van der Waals surface area contributed by atoms with Crippen molar-refractivity contribution in [2.45, 2.75) is 39.0 Å². The molecule has 0 aliphatic carbocycles. The standard InChI is InChI=1S/C13H24N6O/c1-8-6-19(7-9(2)20-8)10(3)11-15-12(14)17-13(16-11)18(4)5/h8-10H,6-7H2,1-5H3,(H2,14,15,16,17)/t8-,9-,10+/m1/s1. The predicted octanol–water partition coefficient (Wildman–Crippen LogP) is 0.690. The summed E-state index contributed by atoms with van der Waals surface area (Å²) in [7, 11) is 3.78. The van der Waals surface area contributed by atoms with Gasteiger partial charge in [-0.15, -0.1) is 0 Å². The molecule has 1 fully saturated rings. The minimum absolute atomic E-state index is 0.0906. The van der Waals surface area contributed by atoms with Crippen molar-refractivity contribution >= 4 is 11.9 Å². The van der Waals surface area contributed by atoms with Crippen LogP contribution in [-0.4, -0.2) is 59.2 Å². The van der Waals surface area contributed by atoms with Crippen LogP contribution in [0.3, 0.4) is 0 Å². The summed E-state index contributed by atoms with van der Waals surface area (Å²) in [4.78, 5) is 17.1. The fourth-order valence-electron chi connectivity index (χ4n) is 2.48. The molecule has 1 aromatic heterocycles. The van der Waals surface area contributed by atoms with Crippen molar-refractivity contribution in [3.8, 4) is 0 Å². The number of nitrogens with two attached hydrogens (primary N) is 1. The highest BCUT2D eigenvalue weighted by Crippen LogP contribution is 2.23. The molecule has 2 heterocycles. The van der Waals surface area contributed by atoms with Gasteiger partial charge in [-0.05, 0) is 20.8 Å². The quantitative estimate of drug-likeness (QED) is 0.872. The van der Waals surface area contributed by atoms with E-state index in [0.717, 1.165) is 13.1 Å². The summed E-state index contributed by atoms with van der Waals surface area (Å²) in [5.41, 5.74) is 5.79. The SMILES string of the molecule is C[C@@H]1CN([C@@H](C)c2nc(N)nc(N(C)C)n2)C[C@@H](C)O1. The Kier molecular flexibility index (Phi) is 4.39. The first kappa shape index (κ1) is 14.9. The predicted molar refractivity (Wildman–Crippen MR) is 78.6 cm³/mol. The van der Waals surface area contributed by atoms with E-state index in [0.29, 0.717) is 11.8 Å². The highest BCUT2D eigenvalue weighted by molar-refractivity contribution is 5.33. The molecular formula is C13H24N6O. The first-order chi connectivity index (χ1) is 9.36. The lowest BCUT2D eigenvalue weighted by atomic mass is 10.1. The minimum atomic E-state index is 0.0906. The normalized spacial score (nSPS) is 25.4. The molecular weight excluding hydrogens is 256 g/mol. The van der Waals surface area contributed by atoms with E-state index in [1.807, 2.05) is 19.0 Å². The molecule has 0 bridgehead atoms. The van der Waals surface area contributed by atoms with Crippen LogP contribution in [0.25, 0.3) is 0 Å². The van der Waals surface area contributed by atoms with Crippen molar-refractivity contribution in [3.05, 3.63) is 5.82 Å². The molecule has 1 aromatic rings. The molecule has 1 aliphatic rings. The highest BCUT2D eigenvalue weighted by Gasteiger charge is 2.28. The van der Waals surface area contributed by atoms with Crippen molar-refractivity contribution in [2.75, 3.05) is 37.8 Å². The van der Waals surface area contributed by atoms with Gasteiger partial charge < -0.3 is 15.4 Å². The third kappa shape index (κ3) is 3.34. The molecule has 0 spiro atoms. The van der Waals surface area contributed by atoms with Gasteiger partial charge >= 0.3 is 0 Å². The largest absolute Gasteiger partial charge is 0.373 e. The van der Waals surface area contributed by atoms with Crippen molar-refractivity contribution < 1.29 is 4.74 Å². The van der Waals surface area contributed by atoms with Crippen LogP contribution in [0.1, 0.15) is 32.6 Å². The Labute approximate surface area is 120 Å². The maximum Gasteiger partial charge on any atom is 0.229 e. The zero-order chi connectivity index (χ0) is 14.9. The maximum absolute atomic E-state index is 5.79. The van der Waals surface area contributed by atoms with Crippen molar-refractivity contribution in [1.29, 1.82) is 0 Å². The first-order valence-electron chi connectivity index (χ1n) is 6.95. The number of hydrogen-bond acceptors (Lipinski definition) is 7. The second kappa shape index (κ2) is 5.88. The molecule has 0 amide bonds. The van der Waals surface area contributed by atoms with Gasteiger partial charge in [0, 0.05) is 27.2 Å². The molecule has 112 valence electrons. The summed E-state index contributed by atoms with van der Waals surface area (Å²) in [6.45, 7) is 8.01. The Bertz CT molecular complexity index is 456. The van der Waals surface area contributed by atoms with Crippen molar-refractivity contribution in [1.82, 2.24) is 19.9 Å². The molecule has 20 heavy (non-hydrogen) atoms. The number of nitrogen functional groups attached to an aromatic ring is 1. The Hall–Kier alpha value is -1.47. The fraction of sp³-hybridized carbons (Fsp3) is 0.769. The van der Waals surface area contributed by atoms with Gasteiger partial charge in [-0.2, -0.15) is 15.0 Å². The molecule has 0 aromatic carbocycles. The van der Waals surface area contributed by atoms with Gasteiger partial charge in [-0.25, -0.2) is 0 Å². The van der Waals surface area contributed by atoms with Crippen LogP contribution in [0.5, 0.6) is 0 Å². The molecule has 2 N–H and O–H groups in total. The number of hydrogen-bond donors (Lipinski definition) is 1. The van der Waals surface area contributed by atoms with Gasteiger partial charge in [-0.1, -0.05) is 0 Å². The molecule has 3 atom stereocenters. The molecule has 0 saturated carbocycles. The lowest BCUT2D eigenvalue weighted by Crippen LogP contribution is -2.46. The van der Waals surface area contributed by atoms with Gasteiger partial charge in [-0.3, -0.25) is 4.90 Å². The minimum Gasteiger partial charge on any atom is -0.373 e. The average Bonchev–Trinajstić information content (AvgIpc) is 2.35. The van der Waals surface area contributed by atoms with Crippen LogP contribution in [0.15, 0.2) is 0 Å². The molecule has 0 radical (unpaired) electrons. The summed E-state index contributed by atoms with van der Waals surface area (Å²) >= 11 is 0. The zero-order valence-corrected chi connectivity index (χ0v) is 12.9. The summed E-state index contributed by atoms with van der Waals surface area (Å²) in [5.74, 6) is 1.57. The van der Waals surface area contributed by atoms with Crippen LogP contribution in [0, 0.1) is 0 Å². The van der Waals surface area contributed by atoms with E-state index in [1.165, 1.54) is 0 Å². The Balaban J connectivity index is 2.21.